The Morgan fingerprint density at radius 3 is 2.76 bits per heavy atom. The van der Waals surface area contributed by atoms with Gasteiger partial charge in [0.25, 0.3) is 0 Å². The number of methoxy groups -OCH3 is 2. The first-order chi connectivity index (χ1) is 13.7. The van der Waals surface area contributed by atoms with Crippen LogP contribution in [0.3, 0.4) is 0 Å². The zero-order valence-electron chi connectivity index (χ0n) is 16.6. The van der Waals surface area contributed by atoms with Gasteiger partial charge in [0.2, 0.25) is 0 Å². The summed E-state index contributed by atoms with van der Waals surface area (Å²) in [7, 11) is 3.31. The van der Waals surface area contributed by atoms with Crippen LogP contribution < -0.4 is 14.8 Å². The number of aryl methyl sites for hydroxylation is 1. The Morgan fingerprint density at radius 2 is 1.97 bits per heavy atom. The highest BCUT2D eigenvalue weighted by molar-refractivity contribution is 8.93. The van der Waals surface area contributed by atoms with Gasteiger partial charge in [0.1, 0.15) is 11.5 Å². The van der Waals surface area contributed by atoms with E-state index in [1.165, 1.54) is 22.0 Å². The Labute approximate surface area is 184 Å². The predicted molar refractivity (Wildman–Crippen MR) is 126 cm³/mol. The summed E-state index contributed by atoms with van der Waals surface area (Å²) in [5.74, 6) is 1.52. The topological polar surface area (TPSA) is 59.2 Å². The molecule has 0 aliphatic heterocycles. The van der Waals surface area contributed by atoms with Crippen molar-refractivity contribution in [3.63, 3.8) is 0 Å². The number of nitrogens with zero attached hydrogens (tertiary/aromatic N) is 1. The zero-order valence-corrected chi connectivity index (χ0v) is 19.1. The van der Waals surface area contributed by atoms with Gasteiger partial charge in [-0.15, -0.1) is 28.3 Å². The molecule has 5 nitrogen and oxygen atoms in total. The van der Waals surface area contributed by atoms with Crippen LogP contribution in [0.25, 0.3) is 22.2 Å². The van der Waals surface area contributed by atoms with E-state index in [2.05, 4.69) is 41.6 Å². The lowest BCUT2D eigenvalue weighted by molar-refractivity contribution is 0.395. The van der Waals surface area contributed by atoms with Crippen LogP contribution in [0.15, 0.2) is 48.0 Å². The first kappa shape index (κ1) is 21.2. The lowest BCUT2D eigenvalue weighted by Crippen LogP contribution is -2.04. The molecule has 0 saturated carbocycles. The minimum Gasteiger partial charge on any atom is -0.497 e. The minimum absolute atomic E-state index is 0. The molecule has 2 heterocycles. The van der Waals surface area contributed by atoms with E-state index in [9.17, 15) is 0 Å². The normalized spacial score (nSPS) is 10.6. The molecule has 0 radical (unpaired) electrons. The number of rotatable bonds is 7. The van der Waals surface area contributed by atoms with Crippen molar-refractivity contribution in [2.45, 2.75) is 13.3 Å². The summed E-state index contributed by atoms with van der Waals surface area (Å²) in [5.41, 5.74) is 5.64. The van der Waals surface area contributed by atoms with E-state index in [1.807, 2.05) is 23.6 Å². The monoisotopic (exact) mass is 473 g/mol. The third-order valence-electron chi connectivity index (χ3n) is 4.78. The molecule has 7 heteroatoms. The number of aromatic amines is 1. The first-order valence-corrected chi connectivity index (χ1v) is 10.0. The molecule has 0 spiro atoms. The molecule has 29 heavy (non-hydrogen) atoms. The van der Waals surface area contributed by atoms with E-state index < -0.39 is 0 Å². The SMILES string of the molecule is Br.COc1ccc(-c2csc(NCCc3c[nH]c4ccc(C)cc34)n2)c(OC)c1. The summed E-state index contributed by atoms with van der Waals surface area (Å²) >= 11 is 1.60. The van der Waals surface area contributed by atoms with E-state index in [-0.39, 0.29) is 17.0 Å². The molecule has 2 aromatic carbocycles. The summed E-state index contributed by atoms with van der Waals surface area (Å²) in [4.78, 5) is 8.07. The highest BCUT2D eigenvalue weighted by atomic mass is 79.9. The molecule has 0 aliphatic rings. The van der Waals surface area contributed by atoms with Crippen molar-refractivity contribution in [3.8, 4) is 22.8 Å². The largest absolute Gasteiger partial charge is 0.497 e. The quantitative estimate of drug-likeness (QED) is 0.353. The molecule has 0 saturated heterocycles. The van der Waals surface area contributed by atoms with Gasteiger partial charge in [-0.1, -0.05) is 11.6 Å². The molecule has 0 atom stereocenters. The van der Waals surface area contributed by atoms with Gasteiger partial charge < -0.3 is 19.8 Å². The van der Waals surface area contributed by atoms with E-state index in [1.54, 1.807) is 25.6 Å². The van der Waals surface area contributed by atoms with E-state index in [4.69, 9.17) is 14.5 Å². The highest BCUT2D eigenvalue weighted by Gasteiger charge is 2.11. The molecule has 4 rings (SSSR count). The smallest absolute Gasteiger partial charge is 0.183 e. The minimum atomic E-state index is 0. The van der Waals surface area contributed by atoms with E-state index in [0.29, 0.717) is 0 Å². The van der Waals surface area contributed by atoms with Crippen LogP contribution in [0.5, 0.6) is 11.5 Å². The third-order valence-corrected chi connectivity index (χ3v) is 5.58. The Hall–Kier alpha value is -2.51. The second kappa shape index (κ2) is 9.33. The van der Waals surface area contributed by atoms with Crippen molar-refractivity contribution in [1.29, 1.82) is 0 Å². The van der Waals surface area contributed by atoms with Crippen LogP contribution in [-0.4, -0.2) is 30.7 Å². The molecule has 0 fully saturated rings. The van der Waals surface area contributed by atoms with Crippen molar-refractivity contribution < 1.29 is 9.47 Å². The second-order valence-electron chi connectivity index (χ2n) is 6.64. The van der Waals surface area contributed by atoms with Gasteiger partial charge in [-0.3, -0.25) is 0 Å². The summed E-state index contributed by atoms with van der Waals surface area (Å²) in [5, 5.41) is 7.69. The van der Waals surface area contributed by atoms with Gasteiger partial charge in [-0.05, 0) is 43.2 Å². The highest BCUT2D eigenvalue weighted by Crippen LogP contribution is 2.34. The van der Waals surface area contributed by atoms with Crippen LogP contribution in [0, 0.1) is 6.92 Å². The average molecular weight is 474 g/mol. The predicted octanol–water partition coefficient (Wildman–Crippen LogP) is 5.85. The maximum Gasteiger partial charge on any atom is 0.183 e. The standard InChI is InChI=1S/C22H23N3O2S.BrH/c1-14-4-7-19-18(10-14)15(12-24-19)8-9-23-22-25-20(13-28-22)17-6-5-16(26-2)11-21(17)27-3;/h4-7,10-13,24H,8-9H2,1-3H3,(H,23,25);1H. The first-order valence-electron chi connectivity index (χ1n) is 9.16. The van der Waals surface area contributed by atoms with Gasteiger partial charge >= 0.3 is 0 Å². The van der Waals surface area contributed by atoms with Crippen molar-refractivity contribution >= 4 is 44.4 Å². The lowest BCUT2D eigenvalue weighted by Gasteiger charge is -2.08. The number of halogens is 1. The van der Waals surface area contributed by atoms with Gasteiger partial charge in [-0.2, -0.15) is 0 Å². The van der Waals surface area contributed by atoms with Crippen LogP contribution in [0.2, 0.25) is 0 Å². The van der Waals surface area contributed by atoms with Crippen LogP contribution in [-0.2, 0) is 6.42 Å². The number of hydrogen-bond acceptors (Lipinski definition) is 5. The molecule has 4 aromatic rings. The molecule has 152 valence electrons. The lowest BCUT2D eigenvalue weighted by atomic mass is 10.1. The van der Waals surface area contributed by atoms with Crippen molar-refractivity contribution in [2.24, 2.45) is 0 Å². The summed E-state index contributed by atoms with van der Waals surface area (Å²) < 4.78 is 10.8. The second-order valence-corrected chi connectivity index (χ2v) is 7.50. The number of fused-ring (bicyclic) bond motifs is 1. The van der Waals surface area contributed by atoms with E-state index >= 15 is 0 Å². The summed E-state index contributed by atoms with van der Waals surface area (Å²) in [6.07, 6.45) is 3.03. The van der Waals surface area contributed by atoms with Gasteiger partial charge in [0, 0.05) is 40.7 Å². The Balaban J connectivity index is 0.00000240. The van der Waals surface area contributed by atoms with Crippen LogP contribution >= 0.6 is 28.3 Å². The average Bonchev–Trinajstić information content (AvgIpc) is 3.34. The Kier molecular flexibility index (Phi) is 6.82. The zero-order chi connectivity index (χ0) is 19.5. The van der Waals surface area contributed by atoms with Gasteiger partial charge in [-0.25, -0.2) is 4.98 Å². The number of benzene rings is 2. The fourth-order valence-electron chi connectivity index (χ4n) is 3.29. The van der Waals surface area contributed by atoms with Crippen LogP contribution in [0.1, 0.15) is 11.1 Å². The van der Waals surface area contributed by atoms with Gasteiger partial charge in [0.05, 0.1) is 19.9 Å². The molecule has 0 bridgehead atoms. The summed E-state index contributed by atoms with van der Waals surface area (Å²) in [6, 6.07) is 12.3. The van der Waals surface area contributed by atoms with Crippen molar-refractivity contribution in [1.82, 2.24) is 9.97 Å². The van der Waals surface area contributed by atoms with Crippen molar-refractivity contribution in [2.75, 3.05) is 26.1 Å². The Morgan fingerprint density at radius 1 is 1.10 bits per heavy atom. The fourth-order valence-corrected chi connectivity index (χ4v) is 4.03. The molecule has 2 N–H and O–H groups in total. The number of aromatic nitrogens is 2. The summed E-state index contributed by atoms with van der Waals surface area (Å²) in [6.45, 7) is 2.95. The maximum atomic E-state index is 5.49. The number of H-pyrrole nitrogens is 1. The molecule has 0 aliphatic carbocycles. The van der Waals surface area contributed by atoms with Crippen molar-refractivity contribution in [3.05, 3.63) is 59.1 Å². The van der Waals surface area contributed by atoms with E-state index in [0.717, 1.165) is 40.9 Å². The fraction of sp³-hybridized carbons (Fsp3) is 0.227. The number of thiazole rings is 1. The van der Waals surface area contributed by atoms with Gasteiger partial charge in [0.15, 0.2) is 5.13 Å². The third kappa shape index (κ3) is 4.57. The molecular weight excluding hydrogens is 450 g/mol. The molecular formula is C22H24BrN3O2S. The van der Waals surface area contributed by atoms with Crippen LogP contribution in [0.4, 0.5) is 5.13 Å². The maximum absolute atomic E-state index is 5.49. The molecule has 0 amide bonds. The molecule has 0 unspecified atom stereocenters. The number of hydrogen-bond donors (Lipinski definition) is 2. The number of anilines is 1. The number of nitrogens with one attached hydrogen (secondary N) is 2. The number of ether oxygens (including phenoxy) is 2. The Bertz CT molecular complexity index is 1110. The molecule has 2 aromatic heterocycles.